The van der Waals surface area contributed by atoms with Crippen molar-refractivity contribution in [3.05, 3.63) is 63.6 Å². The predicted octanol–water partition coefficient (Wildman–Crippen LogP) is 3.48. The molecule has 0 saturated carbocycles. The van der Waals surface area contributed by atoms with Crippen molar-refractivity contribution < 1.29 is 19.1 Å². The lowest BCUT2D eigenvalue weighted by molar-refractivity contribution is 0.0597. The van der Waals surface area contributed by atoms with E-state index in [0.29, 0.717) is 16.9 Å². The molecule has 0 saturated heterocycles. The Balaban J connectivity index is 2.42. The van der Waals surface area contributed by atoms with Gasteiger partial charge in [-0.3, -0.25) is 4.79 Å². The van der Waals surface area contributed by atoms with Crippen LogP contribution in [0.15, 0.2) is 46.9 Å². The van der Waals surface area contributed by atoms with Crippen LogP contribution in [0.2, 0.25) is 0 Å². The number of rotatable bonds is 4. The summed E-state index contributed by atoms with van der Waals surface area (Å²) in [6, 6.07) is 11.7. The van der Waals surface area contributed by atoms with E-state index in [4.69, 9.17) is 9.47 Å². The lowest BCUT2D eigenvalue weighted by Gasteiger charge is -2.09. The topological polar surface area (TPSA) is 52.6 Å². The molecule has 0 atom stereocenters. The Labute approximate surface area is 130 Å². The molecule has 0 aromatic heterocycles. The molecule has 21 heavy (non-hydrogen) atoms. The summed E-state index contributed by atoms with van der Waals surface area (Å²) in [4.78, 5) is 24.1. The van der Waals surface area contributed by atoms with E-state index in [1.165, 1.54) is 20.3 Å². The fraction of sp³-hybridized carbons (Fsp3) is 0.125. The third-order valence-electron chi connectivity index (χ3n) is 2.97. The number of carbonyl (C=O) groups is 2. The number of ether oxygens (including phenoxy) is 2. The highest BCUT2D eigenvalue weighted by atomic mass is 79.9. The molecule has 2 rings (SSSR count). The summed E-state index contributed by atoms with van der Waals surface area (Å²) in [6.07, 6.45) is 0. The van der Waals surface area contributed by atoms with Crippen LogP contribution in [0, 0.1) is 0 Å². The lowest BCUT2D eigenvalue weighted by Crippen LogP contribution is -2.08. The highest BCUT2D eigenvalue weighted by Gasteiger charge is 2.17. The predicted molar refractivity (Wildman–Crippen MR) is 81.9 cm³/mol. The number of methoxy groups -OCH3 is 2. The molecule has 4 nitrogen and oxygen atoms in total. The molecule has 0 heterocycles. The molecule has 2 aromatic carbocycles. The van der Waals surface area contributed by atoms with Gasteiger partial charge in [0, 0.05) is 15.6 Å². The van der Waals surface area contributed by atoms with E-state index in [-0.39, 0.29) is 11.3 Å². The van der Waals surface area contributed by atoms with E-state index in [9.17, 15) is 9.59 Å². The number of hydrogen-bond donors (Lipinski definition) is 0. The fourth-order valence-electron chi connectivity index (χ4n) is 1.89. The summed E-state index contributed by atoms with van der Waals surface area (Å²) < 4.78 is 10.7. The average molecular weight is 349 g/mol. The molecule has 0 N–H and O–H groups in total. The molecular weight excluding hydrogens is 336 g/mol. The molecule has 108 valence electrons. The van der Waals surface area contributed by atoms with Crippen molar-refractivity contribution in [1.82, 2.24) is 0 Å². The van der Waals surface area contributed by atoms with Crippen LogP contribution in [0.5, 0.6) is 5.75 Å². The van der Waals surface area contributed by atoms with E-state index >= 15 is 0 Å². The third-order valence-corrected chi connectivity index (χ3v) is 3.50. The minimum absolute atomic E-state index is 0.171. The molecule has 0 aliphatic carbocycles. The second-order valence-corrected chi connectivity index (χ2v) is 5.16. The molecule has 0 aliphatic heterocycles. The Morgan fingerprint density at radius 3 is 2.14 bits per heavy atom. The van der Waals surface area contributed by atoms with Crippen molar-refractivity contribution in [3.63, 3.8) is 0 Å². The normalized spacial score (nSPS) is 10.0. The van der Waals surface area contributed by atoms with E-state index in [2.05, 4.69) is 15.9 Å². The van der Waals surface area contributed by atoms with Gasteiger partial charge in [0.15, 0.2) is 5.78 Å². The maximum atomic E-state index is 12.4. The van der Waals surface area contributed by atoms with Crippen molar-refractivity contribution in [2.45, 2.75) is 0 Å². The van der Waals surface area contributed by atoms with Crippen LogP contribution in [-0.4, -0.2) is 26.0 Å². The Morgan fingerprint density at radius 1 is 0.952 bits per heavy atom. The van der Waals surface area contributed by atoms with Crippen LogP contribution >= 0.6 is 15.9 Å². The Bertz CT molecular complexity index is 677. The highest BCUT2D eigenvalue weighted by molar-refractivity contribution is 9.10. The number of hydrogen-bond acceptors (Lipinski definition) is 4. The first-order chi connectivity index (χ1) is 10.1. The monoisotopic (exact) mass is 348 g/mol. The first-order valence-corrected chi connectivity index (χ1v) is 6.92. The third kappa shape index (κ3) is 3.31. The van der Waals surface area contributed by atoms with E-state index < -0.39 is 5.97 Å². The van der Waals surface area contributed by atoms with Gasteiger partial charge >= 0.3 is 5.97 Å². The largest absolute Gasteiger partial charge is 0.496 e. The fourth-order valence-corrected chi connectivity index (χ4v) is 2.15. The number of ketones is 1. The van der Waals surface area contributed by atoms with Gasteiger partial charge in [0.05, 0.1) is 14.2 Å². The van der Waals surface area contributed by atoms with Gasteiger partial charge in [-0.15, -0.1) is 0 Å². The van der Waals surface area contributed by atoms with Crippen LogP contribution in [0.4, 0.5) is 0 Å². The Morgan fingerprint density at radius 2 is 1.57 bits per heavy atom. The van der Waals surface area contributed by atoms with Gasteiger partial charge in [-0.05, 0) is 42.5 Å². The lowest BCUT2D eigenvalue weighted by atomic mass is 10.0. The summed E-state index contributed by atoms with van der Waals surface area (Å²) in [5, 5.41) is 0. The maximum absolute atomic E-state index is 12.4. The van der Waals surface area contributed by atoms with Crippen LogP contribution in [0.3, 0.4) is 0 Å². The molecule has 0 aliphatic rings. The molecule has 2 aromatic rings. The van der Waals surface area contributed by atoms with Crippen LogP contribution in [0.1, 0.15) is 26.3 Å². The number of benzene rings is 2. The van der Waals surface area contributed by atoms with Gasteiger partial charge in [0.25, 0.3) is 0 Å². The van der Waals surface area contributed by atoms with Gasteiger partial charge in [-0.2, -0.15) is 0 Å². The van der Waals surface area contributed by atoms with Crippen LogP contribution in [-0.2, 0) is 4.74 Å². The molecule has 0 fully saturated rings. The second-order valence-electron chi connectivity index (χ2n) is 4.24. The molecule has 0 amide bonds. The molecular formula is C16H13BrO4. The summed E-state index contributed by atoms with van der Waals surface area (Å²) in [5.41, 5.74) is 1.17. The minimum atomic E-state index is -0.544. The van der Waals surface area contributed by atoms with E-state index in [0.717, 1.165) is 4.47 Å². The van der Waals surface area contributed by atoms with Gasteiger partial charge in [0.1, 0.15) is 11.3 Å². The number of esters is 1. The molecule has 0 radical (unpaired) electrons. The number of halogens is 1. The second kappa shape index (κ2) is 6.54. The quantitative estimate of drug-likeness (QED) is 0.627. The van der Waals surface area contributed by atoms with E-state index in [1.807, 2.05) is 0 Å². The van der Waals surface area contributed by atoms with Gasteiger partial charge in [0.2, 0.25) is 0 Å². The summed E-state index contributed by atoms with van der Waals surface area (Å²) in [5.74, 6) is -0.346. The smallest absolute Gasteiger partial charge is 0.341 e. The first-order valence-electron chi connectivity index (χ1n) is 6.13. The zero-order valence-electron chi connectivity index (χ0n) is 11.6. The van der Waals surface area contributed by atoms with Crippen LogP contribution in [0.25, 0.3) is 0 Å². The summed E-state index contributed by atoms with van der Waals surface area (Å²) in [7, 11) is 2.74. The minimum Gasteiger partial charge on any atom is -0.496 e. The van der Waals surface area contributed by atoms with Crippen LogP contribution < -0.4 is 4.74 Å². The SMILES string of the molecule is COC(=O)c1cc(C(=O)c2ccc(Br)cc2)ccc1OC. The maximum Gasteiger partial charge on any atom is 0.341 e. The first kappa shape index (κ1) is 15.3. The molecule has 5 heteroatoms. The molecule has 0 bridgehead atoms. The summed E-state index contributed by atoms with van der Waals surface area (Å²) in [6.45, 7) is 0. The Hall–Kier alpha value is -2.14. The zero-order valence-corrected chi connectivity index (χ0v) is 13.1. The van der Waals surface area contributed by atoms with Crippen molar-refractivity contribution in [1.29, 1.82) is 0 Å². The van der Waals surface area contributed by atoms with Gasteiger partial charge in [-0.1, -0.05) is 15.9 Å². The summed E-state index contributed by atoms with van der Waals surface area (Å²) >= 11 is 3.32. The van der Waals surface area contributed by atoms with E-state index in [1.54, 1.807) is 36.4 Å². The molecule has 0 unspecified atom stereocenters. The van der Waals surface area contributed by atoms with Crippen molar-refractivity contribution in [2.75, 3.05) is 14.2 Å². The number of carbonyl (C=O) groups excluding carboxylic acids is 2. The highest BCUT2D eigenvalue weighted by Crippen LogP contribution is 2.23. The standard InChI is InChI=1S/C16H13BrO4/c1-20-14-8-5-11(9-13(14)16(19)21-2)15(18)10-3-6-12(17)7-4-10/h3-9H,1-2H3. The van der Waals surface area contributed by atoms with Gasteiger partial charge < -0.3 is 9.47 Å². The average Bonchev–Trinajstić information content (AvgIpc) is 2.53. The zero-order chi connectivity index (χ0) is 15.4. The van der Waals surface area contributed by atoms with Gasteiger partial charge in [-0.25, -0.2) is 4.79 Å². The van der Waals surface area contributed by atoms with Crippen molar-refractivity contribution >= 4 is 27.7 Å². The van der Waals surface area contributed by atoms with Crippen molar-refractivity contribution in [3.8, 4) is 5.75 Å². The van der Waals surface area contributed by atoms with Crippen molar-refractivity contribution in [2.24, 2.45) is 0 Å². The molecule has 0 spiro atoms. The Kier molecular flexibility index (Phi) is 4.75.